The van der Waals surface area contributed by atoms with Gasteiger partial charge in [0.1, 0.15) is 17.6 Å². The molecule has 2 aromatic heterocycles. The van der Waals surface area contributed by atoms with Gasteiger partial charge in [-0.05, 0) is 20.8 Å². The molecule has 2 N–H and O–H groups in total. The third-order valence-electron chi connectivity index (χ3n) is 4.89. The molecule has 1 unspecified atom stereocenters. The van der Waals surface area contributed by atoms with Crippen LogP contribution in [0.1, 0.15) is 27.0 Å². The standard InChI is InChI=1S/C17H22N5O6P/c1-6-17(4)12-10(7-25-29(23,28-12)27-9(2)3)26-15(17)22-8-19-11-13(22)20-16(18)21-14(11)24-5/h1,8-10,12,15H,7H2,2-5H3,(H2,18,20,21)/t10-,12-,15-,17-,29?/m1/s1. The maximum absolute atomic E-state index is 12.9. The molecule has 2 saturated heterocycles. The number of aromatic nitrogens is 4. The van der Waals surface area contributed by atoms with Crippen molar-refractivity contribution in [3.8, 4) is 18.2 Å². The van der Waals surface area contributed by atoms with E-state index in [0.29, 0.717) is 11.2 Å². The van der Waals surface area contributed by atoms with Gasteiger partial charge < -0.3 is 15.2 Å². The van der Waals surface area contributed by atoms with Gasteiger partial charge in [0.2, 0.25) is 11.8 Å². The van der Waals surface area contributed by atoms with Gasteiger partial charge in [-0.1, -0.05) is 5.92 Å². The molecule has 2 aromatic rings. The average Bonchev–Trinajstić information content (AvgIpc) is 3.19. The number of methoxy groups -OCH3 is 1. The van der Waals surface area contributed by atoms with E-state index in [4.69, 9.17) is 35.2 Å². The lowest BCUT2D eigenvalue weighted by Gasteiger charge is -2.35. The number of fused-ring (bicyclic) bond motifs is 2. The van der Waals surface area contributed by atoms with E-state index in [1.54, 1.807) is 25.3 Å². The molecule has 0 aromatic carbocycles. The Morgan fingerprint density at radius 1 is 1.48 bits per heavy atom. The fourth-order valence-electron chi connectivity index (χ4n) is 3.59. The van der Waals surface area contributed by atoms with Crippen molar-refractivity contribution in [2.75, 3.05) is 19.5 Å². The highest BCUT2D eigenvalue weighted by atomic mass is 31.2. The number of nitrogens with zero attached hydrogens (tertiary/aromatic N) is 4. The number of ether oxygens (including phenoxy) is 2. The number of phosphoric ester groups is 1. The Hall–Kier alpha value is -2.22. The minimum Gasteiger partial charge on any atom is -0.479 e. The molecule has 156 valence electrons. The Balaban J connectivity index is 1.75. The van der Waals surface area contributed by atoms with Gasteiger partial charge in [0.15, 0.2) is 17.4 Å². The first-order valence-electron chi connectivity index (χ1n) is 8.99. The van der Waals surface area contributed by atoms with E-state index in [1.807, 2.05) is 0 Å². The number of nitrogen functional groups attached to an aromatic ring is 1. The topological polar surface area (TPSA) is 133 Å². The molecule has 0 aliphatic carbocycles. The molecular formula is C17H22N5O6P. The van der Waals surface area contributed by atoms with Gasteiger partial charge in [-0.3, -0.25) is 18.1 Å². The summed E-state index contributed by atoms with van der Waals surface area (Å²) in [6, 6.07) is 0. The van der Waals surface area contributed by atoms with Crippen molar-refractivity contribution >= 4 is 24.9 Å². The van der Waals surface area contributed by atoms with Crippen LogP contribution < -0.4 is 10.5 Å². The number of terminal acetylenes is 1. The highest BCUT2D eigenvalue weighted by Crippen LogP contribution is 2.61. The average molecular weight is 423 g/mol. The molecule has 29 heavy (non-hydrogen) atoms. The number of hydrogen-bond acceptors (Lipinski definition) is 10. The molecular weight excluding hydrogens is 401 g/mol. The Bertz CT molecular complexity index is 1040. The van der Waals surface area contributed by atoms with Crippen LogP contribution in [0.25, 0.3) is 11.2 Å². The number of nitrogens with two attached hydrogens (primary N) is 1. The Morgan fingerprint density at radius 2 is 2.24 bits per heavy atom. The van der Waals surface area contributed by atoms with Gasteiger partial charge in [0.25, 0.3) is 0 Å². The fraction of sp³-hybridized carbons (Fsp3) is 0.588. The predicted molar refractivity (Wildman–Crippen MR) is 102 cm³/mol. The molecule has 2 fully saturated rings. The van der Waals surface area contributed by atoms with Crippen LogP contribution in [0.4, 0.5) is 5.95 Å². The van der Waals surface area contributed by atoms with Gasteiger partial charge >= 0.3 is 7.82 Å². The fourth-order valence-corrected chi connectivity index (χ4v) is 5.24. The number of anilines is 1. The first-order valence-corrected chi connectivity index (χ1v) is 10.5. The third kappa shape index (κ3) is 3.17. The molecule has 2 aliphatic heterocycles. The van der Waals surface area contributed by atoms with Crippen LogP contribution in [0, 0.1) is 17.8 Å². The van der Waals surface area contributed by atoms with Crippen LogP contribution in [0.5, 0.6) is 5.88 Å². The van der Waals surface area contributed by atoms with E-state index in [0.717, 1.165) is 0 Å². The van der Waals surface area contributed by atoms with Crippen LogP contribution in [0.3, 0.4) is 0 Å². The number of phosphoric acid groups is 1. The van der Waals surface area contributed by atoms with Crippen LogP contribution in [-0.2, 0) is 22.9 Å². The highest BCUT2D eigenvalue weighted by Gasteiger charge is 2.60. The van der Waals surface area contributed by atoms with Gasteiger partial charge in [-0.2, -0.15) is 9.97 Å². The van der Waals surface area contributed by atoms with Crippen molar-refractivity contribution in [3.05, 3.63) is 6.33 Å². The van der Waals surface area contributed by atoms with Crippen molar-refractivity contribution in [2.24, 2.45) is 5.41 Å². The summed E-state index contributed by atoms with van der Waals surface area (Å²) < 4.78 is 42.4. The zero-order valence-electron chi connectivity index (χ0n) is 16.4. The van der Waals surface area contributed by atoms with Gasteiger partial charge in [0, 0.05) is 0 Å². The predicted octanol–water partition coefficient (Wildman–Crippen LogP) is 1.90. The minimum atomic E-state index is -3.77. The van der Waals surface area contributed by atoms with Gasteiger partial charge in [-0.15, -0.1) is 6.42 Å². The van der Waals surface area contributed by atoms with E-state index in [1.165, 1.54) is 13.4 Å². The Kier molecular flexibility index (Phi) is 4.80. The summed E-state index contributed by atoms with van der Waals surface area (Å²) in [5, 5.41) is 0. The minimum absolute atomic E-state index is 0.00943. The molecule has 0 bridgehead atoms. The zero-order chi connectivity index (χ0) is 21.0. The second-order valence-electron chi connectivity index (χ2n) is 7.29. The number of hydrogen-bond donors (Lipinski definition) is 1. The summed E-state index contributed by atoms with van der Waals surface area (Å²) in [4.78, 5) is 12.6. The Labute approximate surface area is 167 Å². The molecule has 11 nitrogen and oxygen atoms in total. The quantitative estimate of drug-likeness (QED) is 0.574. The lowest BCUT2D eigenvalue weighted by Crippen LogP contribution is -2.42. The monoisotopic (exact) mass is 423 g/mol. The molecule has 2 aliphatic rings. The first-order chi connectivity index (χ1) is 13.7. The highest BCUT2D eigenvalue weighted by molar-refractivity contribution is 7.48. The smallest absolute Gasteiger partial charge is 0.475 e. The first kappa shape index (κ1) is 20.1. The van der Waals surface area contributed by atoms with E-state index in [2.05, 4.69) is 20.9 Å². The second-order valence-corrected chi connectivity index (χ2v) is 8.87. The van der Waals surface area contributed by atoms with Crippen molar-refractivity contribution in [1.29, 1.82) is 0 Å². The second kappa shape index (κ2) is 6.93. The summed E-state index contributed by atoms with van der Waals surface area (Å²) in [5.41, 5.74) is 5.58. The van der Waals surface area contributed by atoms with Crippen LogP contribution >= 0.6 is 7.82 Å². The number of rotatable bonds is 4. The summed E-state index contributed by atoms with van der Waals surface area (Å²) in [6.45, 7) is 5.26. The largest absolute Gasteiger partial charge is 0.479 e. The van der Waals surface area contributed by atoms with Gasteiger partial charge in [0.05, 0.1) is 26.1 Å². The number of imidazole rings is 1. The van der Waals surface area contributed by atoms with Gasteiger partial charge in [-0.25, -0.2) is 9.55 Å². The SMILES string of the molecule is C#C[C@]1(C)[C@@H]2OP(=O)(OC(C)C)OC[C@H]2O[C@H]1n1cnc2c(OC)nc(N)nc21. The van der Waals surface area contributed by atoms with E-state index < -0.39 is 31.7 Å². The zero-order valence-corrected chi connectivity index (χ0v) is 17.3. The summed E-state index contributed by atoms with van der Waals surface area (Å²) >= 11 is 0. The van der Waals surface area contributed by atoms with E-state index >= 15 is 0 Å². The molecule has 0 radical (unpaired) electrons. The van der Waals surface area contributed by atoms with Crippen LogP contribution in [0.2, 0.25) is 0 Å². The molecule has 0 amide bonds. The third-order valence-corrected chi connectivity index (χ3v) is 6.52. The molecule has 0 saturated carbocycles. The maximum Gasteiger partial charge on any atom is 0.475 e. The lowest BCUT2D eigenvalue weighted by molar-refractivity contribution is -0.0733. The molecule has 4 rings (SSSR count). The summed E-state index contributed by atoms with van der Waals surface area (Å²) in [5.74, 6) is 2.99. The van der Waals surface area contributed by atoms with Crippen molar-refractivity contribution in [3.63, 3.8) is 0 Å². The lowest BCUT2D eigenvalue weighted by atomic mass is 9.83. The Morgan fingerprint density at radius 3 is 2.90 bits per heavy atom. The van der Waals surface area contributed by atoms with Crippen molar-refractivity contribution in [2.45, 2.75) is 45.3 Å². The van der Waals surface area contributed by atoms with Crippen molar-refractivity contribution in [1.82, 2.24) is 19.5 Å². The summed E-state index contributed by atoms with van der Waals surface area (Å²) in [6.07, 6.45) is 5.04. The summed E-state index contributed by atoms with van der Waals surface area (Å²) in [7, 11) is -2.31. The van der Waals surface area contributed by atoms with Crippen LogP contribution in [-0.4, -0.2) is 51.5 Å². The normalized spacial score (nSPS) is 34.3. The molecule has 0 spiro atoms. The molecule has 4 heterocycles. The van der Waals surface area contributed by atoms with E-state index in [-0.39, 0.29) is 24.5 Å². The molecule has 5 atom stereocenters. The van der Waals surface area contributed by atoms with Crippen LogP contribution in [0.15, 0.2) is 6.33 Å². The molecule has 12 heteroatoms. The maximum atomic E-state index is 12.9. The van der Waals surface area contributed by atoms with Crippen molar-refractivity contribution < 1.29 is 27.6 Å². The van der Waals surface area contributed by atoms with E-state index in [9.17, 15) is 4.57 Å².